The van der Waals surface area contributed by atoms with Gasteiger partial charge < -0.3 is 5.32 Å². The Morgan fingerprint density at radius 1 is 1.20 bits per heavy atom. The lowest BCUT2D eigenvalue weighted by atomic mass is 10.0. The molecule has 0 spiro atoms. The van der Waals surface area contributed by atoms with Crippen molar-refractivity contribution in [2.75, 3.05) is 11.9 Å². The van der Waals surface area contributed by atoms with E-state index in [4.69, 9.17) is 0 Å². The van der Waals surface area contributed by atoms with Crippen molar-refractivity contribution in [1.82, 2.24) is 5.43 Å². The number of alkyl halides is 6. The molecule has 2 N–H and O–H groups in total. The number of nitrogens with zero attached hydrogens (tertiary/aromatic N) is 1. The maximum atomic E-state index is 13.2. The zero-order valence-corrected chi connectivity index (χ0v) is 13.1. The van der Waals surface area contributed by atoms with Crippen LogP contribution in [-0.4, -0.2) is 24.3 Å². The lowest BCUT2D eigenvalue weighted by molar-refractivity contribution is -0.165. The van der Waals surface area contributed by atoms with Crippen LogP contribution in [0.15, 0.2) is 23.3 Å². The first-order valence-corrected chi connectivity index (χ1v) is 7.36. The van der Waals surface area contributed by atoms with Gasteiger partial charge in [-0.3, -0.25) is 4.79 Å². The van der Waals surface area contributed by atoms with Crippen LogP contribution in [0.5, 0.6) is 0 Å². The van der Waals surface area contributed by atoms with Crippen LogP contribution in [-0.2, 0) is 11.0 Å². The largest absolute Gasteiger partial charge is 0.418 e. The Balaban J connectivity index is 2.27. The van der Waals surface area contributed by atoms with Crippen molar-refractivity contribution in [1.29, 1.82) is 0 Å². The minimum atomic E-state index is -4.75. The van der Waals surface area contributed by atoms with E-state index in [-0.39, 0.29) is 30.0 Å². The molecular weight excluding hydrogens is 352 g/mol. The maximum Gasteiger partial charge on any atom is 0.418 e. The second kappa shape index (κ2) is 6.93. The van der Waals surface area contributed by atoms with Gasteiger partial charge in [0.15, 0.2) is 0 Å². The molecule has 0 saturated carbocycles. The molecule has 0 saturated heterocycles. The minimum absolute atomic E-state index is 0.100. The van der Waals surface area contributed by atoms with Crippen LogP contribution >= 0.6 is 0 Å². The van der Waals surface area contributed by atoms with E-state index in [1.165, 1.54) is 6.07 Å². The third-order valence-corrected chi connectivity index (χ3v) is 3.72. The van der Waals surface area contributed by atoms with Crippen LogP contribution < -0.4 is 10.7 Å². The SMILES string of the molecule is CC(CNc1ccc(C2=NNC(=O)CC2)cc1C(F)(F)F)C(F)(F)F. The molecule has 1 aromatic rings. The lowest BCUT2D eigenvalue weighted by Gasteiger charge is -2.20. The van der Waals surface area contributed by atoms with Gasteiger partial charge in [-0.05, 0) is 17.7 Å². The molecular formula is C15H15F6N3O. The minimum Gasteiger partial charge on any atom is -0.384 e. The average Bonchev–Trinajstić information content (AvgIpc) is 2.51. The van der Waals surface area contributed by atoms with Gasteiger partial charge in [0.2, 0.25) is 5.91 Å². The summed E-state index contributed by atoms with van der Waals surface area (Å²) in [7, 11) is 0. The van der Waals surface area contributed by atoms with E-state index in [0.717, 1.165) is 19.1 Å². The fraction of sp³-hybridized carbons (Fsp3) is 0.467. The molecule has 1 aromatic carbocycles. The van der Waals surface area contributed by atoms with Crippen LogP contribution in [0.3, 0.4) is 0 Å². The number of hydrogen-bond acceptors (Lipinski definition) is 3. The van der Waals surface area contributed by atoms with Gasteiger partial charge in [0, 0.05) is 25.1 Å². The molecule has 4 nitrogen and oxygen atoms in total. The van der Waals surface area contributed by atoms with Crippen molar-refractivity contribution >= 4 is 17.3 Å². The summed E-state index contributed by atoms with van der Waals surface area (Å²) in [5.41, 5.74) is 1.10. The lowest BCUT2D eigenvalue weighted by Crippen LogP contribution is -2.28. The zero-order valence-electron chi connectivity index (χ0n) is 13.1. The molecule has 0 fully saturated rings. The molecule has 1 atom stereocenters. The highest BCUT2D eigenvalue weighted by Crippen LogP contribution is 2.36. The third-order valence-electron chi connectivity index (χ3n) is 3.72. The standard InChI is InChI=1S/C15H15F6N3O/c1-8(14(16,17)18)7-22-12-3-2-9(6-10(12)15(19,20)21)11-4-5-13(25)24-23-11/h2-3,6,8,22H,4-5,7H2,1H3,(H,24,25). The van der Waals surface area contributed by atoms with Gasteiger partial charge in [0.05, 0.1) is 17.2 Å². The first-order valence-electron chi connectivity index (χ1n) is 7.36. The Kier molecular flexibility index (Phi) is 5.28. The molecule has 1 unspecified atom stereocenters. The van der Waals surface area contributed by atoms with E-state index in [1.54, 1.807) is 0 Å². The highest BCUT2D eigenvalue weighted by atomic mass is 19.4. The van der Waals surface area contributed by atoms with Crippen molar-refractivity contribution in [3.8, 4) is 0 Å². The normalized spacial score (nSPS) is 16.9. The van der Waals surface area contributed by atoms with E-state index in [0.29, 0.717) is 0 Å². The number of hydrogen-bond donors (Lipinski definition) is 2. The summed E-state index contributed by atoms with van der Waals surface area (Å²) in [5, 5.41) is 5.93. The molecule has 0 aliphatic carbocycles. The van der Waals surface area contributed by atoms with Gasteiger partial charge in [-0.2, -0.15) is 31.4 Å². The Labute approximate surface area is 139 Å². The summed E-state index contributed by atoms with van der Waals surface area (Å²) in [6.07, 6.45) is -8.97. The highest BCUT2D eigenvalue weighted by molar-refractivity contribution is 6.04. The predicted octanol–water partition coefficient (Wildman–Crippen LogP) is 3.93. The van der Waals surface area contributed by atoms with Crippen LogP contribution in [0.1, 0.15) is 30.9 Å². The third kappa shape index (κ3) is 4.86. The van der Waals surface area contributed by atoms with E-state index in [1.807, 2.05) is 0 Å². The summed E-state index contributed by atoms with van der Waals surface area (Å²) in [4.78, 5) is 11.1. The fourth-order valence-corrected chi connectivity index (χ4v) is 2.17. The van der Waals surface area contributed by atoms with E-state index >= 15 is 0 Å². The maximum absolute atomic E-state index is 13.2. The molecule has 0 bridgehead atoms. The Morgan fingerprint density at radius 3 is 2.40 bits per heavy atom. The monoisotopic (exact) mass is 367 g/mol. The Hall–Kier alpha value is -2.26. The van der Waals surface area contributed by atoms with Gasteiger partial charge in [0.25, 0.3) is 0 Å². The van der Waals surface area contributed by atoms with Crippen molar-refractivity contribution in [3.05, 3.63) is 29.3 Å². The summed E-state index contributed by atoms with van der Waals surface area (Å²) in [6, 6.07) is 3.21. The number of anilines is 1. The van der Waals surface area contributed by atoms with Gasteiger partial charge in [-0.15, -0.1) is 0 Å². The van der Waals surface area contributed by atoms with E-state index in [9.17, 15) is 31.1 Å². The molecule has 0 aromatic heterocycles. The van der Waals surface area contributed by atoms with Crippen molar-refractivity contribution < 1.29 is 31.1 Å². The molecule has 1 aliphatic heterocycles. The van der Waals surface area contributed by atoms with Crippen LogP contribution in [0.4, 0.5) is 32.0 Å². The van der Waals surface area contributed by atoms with Crippen molar-refractivity contribution in [2.24, 2.45) is 11.0 Å². The van der Waals surface area contributed by atoms with Crippen LogP contribution in [0.2, 0.25) is 0 Å². The number of amides is 1. The number of carbonyl (C=O) groups excluding carboxylic acids is 1. The highest BCUT2D eigenvalue weighted by Gasteiger charge is 2.37. The molecule has 0 radical (unpaired) electrons. The summed E-state index contributed by atoms with van der Waals surface area (Å²) in [5.74, 6) is -2.13. The second-order valence-corrected chi connectivity index (χ2v) is 5.68. The molecule has 2 rings (SSSR count). The molecule has 10 heteroatoms. The molecule has 25 heavy (non-hydrogen) atoms. The quantitative estimate of drug-likeness (QED) is 0.793. The van der Waals surface area contributed by atoms with E-state index < -0.39 is 36.1 Å². The predicted molar refractivity (Wildman–Crippen MR) is 79.1 cm³/mol. The topological polar surface area (TPSA) is 53.5 Å². The fourth-order valence-electron chi connectivity index (χ4n) is 2.17. The van der Waals surface area contributed by atoms with Crippen molar-refractivity contribution in [2.45, 2.75) is 32.1 Å². The molecule has 1 aliphatic rings. The van der Waals surface area contributed by atoms with Gasteiger partial charge in [-0.1, -0.05) is 13.0 Å². The summed E-state index contributed by atoms with van der Waals surface area (Å²) < 4.78 is 77.3. The van der Waals surface area contributed by atoms with Crippen LogP contribution in [0, 0.1) is 5.92 Å². The van der Waals surface area contributed by atoms with Gasteiger partial charge in [-0.25, -0.2) is 5.43 Å². The molecule has 1 heterocycles. The van der Waals surface area contributed by atoms with Crippen LogP contribution in [0.25, 0.3) is 0 Å². The first kappa shape index (κ1) is 19.1. The number of nitrogens with one attached hydrogen (secondary N) is 2. The number of hydrazone groups is 1. The van der Waals surface area contributed by atoms with Crippen molar-refractivity contribution in [3.63, 3.8) is 0 Å². The number of halogens is 6. The second-order valence-electron chi connectivity index (χ2n) is 5.68. The Bertz CT molecular complexity index is 681. The summed E-state index contributed by atoms with van der Waals surface area (Å²) >= 11 is 0. The summed E-state index contributed by atoms with van der Waals surface area (Å²) in [6.45, 7) is 0.205. The number of benzene rings is 1. The first-order chi connectivity index (χ1) is 11.5. The zero-order chi connectivity index (χ0) is 18.8. The Morgan fingerprint density at radius 2 is 1.88 bits per heavy atom. The number of rotatable bonds is 4. The molecule has 138 valence electrons. The smallest absolute Gasteiger partial charge is 0.384 e. The van der Waals surface area contributed by atoms with Gasteiger partial charge >= 0.3 is 12.4 Å². The average molecular weight is 367 g/mol. The van der Waals surface area contributed by atoms with E-state index in [2.05, 4.69) is 15.8 Å². The van der Waals surface area contributed by atoms with Gasteiger partial charge in [0.1, 0.15) is 0 Å². The number of carbonyl (C=O) groups is 1. The molecule has 1 amide bonds.